The Morgan fingerprint density at radius 2 is 1.35 bits per heavy atom. The molecule has 8 nitrogen and oxygen atoms in total. The van der Waals surface area contributed by atoms with Crippen LogP contribution < -0.4 is 4.72 Å². The average Bonchev–Trinajstić information content (AvgIpc) is 2.87. The van der Waals surface area contributed by atoms with E-state index in [1.807, 2.05) is 26.0 Å². The van der Waals surface area contributed by atoms with Gasteiger partial charge in [0, 0.05) is 0 Å². The summed E-state index contributed by atoms with van der Waals surface area (Å²) in [6.45, 7) is 6.93. The van der Waals surface area contributed by atoms with Crippen LogP contribution in [0.25, 0.3) is 0 Å². The zero-order valence-electron chi connectivity index (χ0n) is 21.2. The van der Waals surface area contributed by atoms with Gasteiger partial charge in [-0.25, -0.2) is 13.1 Å². The fourth-order valence-corrected chi connectivity index (χ4v) is 8.04. The summed E-state index contributed by atoms with van der Waals surface area (Å²) < 4.78 is 73.9. The zero-order valence-corrected chi connectivity index (χ0v) is 23.7. The summed E-state index contributed by atoms with van der Waals surface area (Å²) in [7, 11) is -10.5. The quantitative estimate of drug-likeness (QED) is 0.211. The smallest absolute Gasteiger partial charge is 0.307 e. The molecule has 0 fully saturated rings. The largest absolute Gasteiger partial charge is 0.362 e. The van der Waals surface area contributed by atoms with Gasteiger partial charge in [-0.1, -0.05) is 65.7 Å². The topological polar surface area (TPSA) is 108 Å². The van der Waals surface area contributed by atoms with E-state index in [1.165, 1.54) is 12.1 Å². The molecule has 0 aliphatic carbocycles. The number of hydrogen-bond donors (Lipinski definition) is 1. The molecule has 0 saturated carbocycles. The van der Waals surface area contributed by atoms with Gasteiger partial charge in [0.15, 0.2) is 5.85 Å². The predicted molar refractivity (Wildman–Crippen MR) is 144 cm³/mol. The van der Waals surface area contributed by atoms with Gasteiger partial charge >= 0.3 is 7.60 Å². The van der Waals surface area contributed by atoms with E-state index in [1.54, 1.807) is 68.4 Å². The van der Waals surface area contributed by atoms with E-state index < -0.39 is 40.6 Å². The first-order chi connectivity index (χ1) is 17.6. The van der Waals surface area contributed by atoms with Crippen molar-refractivity contribution in [3.63, 3.8) is 0 Å². The van der Waals surface area contributed by atoms with Crippen molar-refractivity contribution in [2.45, 2.75) is 49.4 Å². The molecule has 37 heavy (non-hydrogen) atoms. The summed E-state index contributed by atoms with van der Waals surface area (Å²) in [6.07, 6.45) is 0. The van der Waals surface area contributed by atoms with Crippen molar-refractivity contribution in [3.05, 3.63) is 95.6 Å². The highest BCUT2D eigenvalue weighted by Gasteiger charge is 2.47. The van der Waals surface area contributed by atoms with E-state index >= 15 is 0 Å². The number of nitrogens with one attached hydrogen (secondary N) is 1. The Morgan fingerprint density at radius 1 is 0.838 bits per heavy atom. The monoisotopic (exact) mass is 565 g/mol. The maximum atomic E-state index is 14.1. The molecule has 0 aliphatic rings. The molecule has 0 spiro atoms. The van der Waals surface area contributed by atoms with Crippen LogP contribution in [-0.2, 0) is 38.9 Å². The highest BCUT2D eigenvalue weighted by molar-refractivity contribution is 7.87. The molecule has 3 atom stereocenters. The normalized spacial score (nSPS) is 14.7. The van der Waals surface area contributed by atoms with E-state index in [9.17, 15) is 17.2 Å². The molecule has 0 amide bonds. The summed E-state index contributed by atoms with van der Waals surface area (Å²) in [4.78, 5) is 0.337. The molecule has 0 saturated heterocycles. The molecule has 0 aromatic heterocycles. The molecule has 3 aromatic carbocycles. The summed E-state index contributed by atoms with van der Waals surface area (Å²) in [6, 6.07) is 20.6. The first kappa shape index (κ1) is 29.4. The Kier molecular flexibility index (Phi) is 10.4. The molecular formula is C26H32NO7PS2. The van der Waals surface area contributed by atoms with Gasteiger partial charge in [-0.05, 0) is 57.5 Å². The predicted octanol–water partition coefficient (Wildman–Crippen LogP) is 5.65. The lowest BCUT2D eigenvalue weighted by Crippen LogP contribution is -2.37. The van der Waals surface area contributed by atoms with Crippen LogP contribution in [-0.4, -0.2) is 31.7 Å². The number of benzene rings is 3. The van der Waals surface area contributed by atoms with Crippen molar-refractivity contribution in [2.24, 2.45) is 0 Å². The highest BCUT2D eigenvalue weighted by atomic mass is 32.2. The Hall–Kier alpha value is -2.17. The van der Waals surface area contributed by atoms with Crippen LogP contribution in [0.15, 0.2) is 88.7 Å². The second-order valence-electron chi connectivity index (χ2n) is 8.22. The third-order valence-electron chi connectivity index (χ3n) is 5.38. The van der Waals surface area contributed by atoms with Crippen LogP contribution in [0.4, 0.5) is 0 Å². The number of rotatable bonds is 13. The molecule has 200 valence electrons. The van der Waals surface area contributed by atoms with E-state index in [0.717, 1.165) is 11.1 Å². The lowest BCUT2D eigenvalue weighted by Gasteiger charge is -2.32. The molecular weight excluding hydrogens is 533 g/mol. The Balaban J connectivity index is 2.13. The van der Waals surface area contributed by atoms with E-state index in [-0.39, 0.29) is 18.1 Å². The summed E-state index contributed by atoms with van der Waals surface area (Å²) in [5, 5.41) is 0. The summed E-state index contributed by atoms with van der Waals surface area (Å²) in [5.41, 5.74) is 2.34. The minimum absolute atomic E-state index is 0.0235. The van der Waals surface area contributed by atoms with Gasteiger partial charge in [0.05, 0.1) is 29.0 Å². The van der Waals surface area contributed by atoms with Gasteiger partial charge < -0.3 is 9.05 Å². The summed E-state index contributed by atoms with van der Waals surface area (Å²) in [5.74, 6) is -1.68. The van der Waals surface area contributed by atoms with Crippen molar-refractivity contribution >= 4 is 28.7 Å². The zero-order chi connectivity index (χ0) is 27.1. The molecule has 1 N–H and O–H groups in total. The molecule has 3 aromatic rings. The number of hydrogen-bond acceptors (Lipinski definition) is 7. The fourth-order valence-electron chi connectivity index (χ4n) is 3.52. The van der Waals surface area contributed by atoms with Crippen LogP contribution in [0.2, 0.25) is 0 Å². The summed E-state index contributed by atoms with van der Waals surface area (Å²) >= 11 is 0. The van der Waals surface area contributed by atoms with Gasteiger partial charge in [-0.2, -0.15) is 8.42 Å². The van der Waals surface area contributed by atoms with Gasteiger partial charge in [0.1, 0.15) is 11.0 Å². The van der Waals surface area contributed by atoms with Crippen LogP contribution in [0.3, 0.4) is 0 Å². The molecule has 0 radical (unpaired) electrons. The Bertz CT molecular complexity index is 1320. The van der Waals surface area contributed by atoms with Crippen LogP contribution in [0.5, 0.6) is 0 Å². The maximum Gasteiger partial charge on any atom is 0.362 e. The molecule has 0 bridgehead atoms. The first-order valence-electron chi connectivity index (χ1n) is 11.8. The van der Waals surface area contributed by atoms with Crippen molar-refractivity contribution < 1.29 is 30.4 Å². The fraction of sp³-hybridized carbons (Fsp3) is 0.308. The first-order valence-corrected chi connectivity index (χ1v) is 15.9. The van der Waals surface area contributed by atoms with Gasteiger partial charge in [-0.3, -0.25) is 4.57 Å². The SMILES string of the molecule is CCOP(=O)(OCC)[C@H](OS(=O)(=O)c1ccc(C)cc1)[C@H](N[S@@](=O)c1ccc(C)cc1)c1ccccc1. The minimum Gasteiger partial charge on any atom is -0.307 e. The molecule has 0 aliphatic heterocycles. The van der Waals surface area contributed by atoms with E-state index in [0.29, 0.717) is 10.5 Å². The van der Waals surface area contributed by atoms with E-state index in [2.05, 4.69) is 4.72 Å². The number of aryl methyl sites for hydroxylation is 2. The van der Waals surface area contributed by atoms with E-state index in [4.69, 9.17) is 13.2 Å². The standard InChI is InChI=1S/C26H32NO7PS2/c1-5-32-35(28,33-6-2)26(34-37(30,31)24-18-14-21(4)15-19-24)25(22-10-8-7-9-11-22)27-36(29)23-16-12-20(3)13-17-23/h7-19,25-27H,5-6H2,1-4H3/t25-,26+,36+/m1/s1. The Morgan fingerprint density at radius 3 is 1.86 bits per heavy atom. The second kappa shape index (κ2) is 13.1. The van der Waals surface area contributed by atoms with Crippen LogP contribution in [0.1, 0.15) is 36.6 Å². The van der Waals surface area contributed by atoms with Crippen LogP contribution in [0, 0.1) is 13.8 Å². The lowest BCUT2D eigenvalue weighted by molar-refractivity contribution is 0.148. The van der Waals surface area contributed by atoms with Crippen LogP contribution >= 0.6 is 7.60 Å². The average molecular weight is 566 g/mol. The van der Waals surface area contributed by atoms with Crippen molar-refractivity contribution in [1.29, 1.82) is 0 Å². The second-order valence-corrected chi connectivity index (χ2v) is 13.1. The van der Waals surface area contributed by atoms with Crippen molar-refractivity contribution in [2.75, 3.05) is 13.2 Å². The van der Waals surface area contributed by atoms with Gasteiger partial charge in [0.2, 0.25) is 0 Å². The van der Waals surface area contributed by atoms with Gasteiger partial charge in [0.25, 0.3) is 10.1 Å². The van der Waals surface area contributed by atoms with Gasteiger partial charge in [-0.15, -0.1) is 0 Å². The third-order valence-corrected chi connectivity index (χ3v) is 10.3. The third kappa shape index (κ3) is 7.67. The molecule has 0 unspecified atom stereocenters. The maximum absolute atomic E-state index is 14.1. The molecule has 11 heteroatoms. The van der Waals surface area contributed by atoms with Crippen molar-refractivity contribution in [1.82, 2.24) is 4.72 Å². The lowest BCUT2D eigenvalue weighted by atomic mass is 10.1. The molecule has 0 heterocycles. The minimum atomic E-state index is -4.43. The van der Waals surface area contributed by atoms with Crippen molar-refractivity contribution in [3.8, 4) is 0 Å². The Labute approximate surface area is 221 Å². The highest BCUT2D eigenvalue weighted by Crippen LogP contribution is 2.58. The molecule has 3 rings (SSSR count).